The number of halogens is 2. The highest BCUT2D eigenvalue weighted by molar-refractivity contribution is 7.99. The Labute approximate surface area is 160 Å². The minimum Gasteiger partial charge on any atom is -0.305 e. The molecule has 0 amide bonds. The fourth-order valence-corrected chi connectivity index (χ4v) is 5.23. The third kappa shape index (κ3) is 2.54. The standard InChI is InChI=1S/C18H12Cl2N4S/c19-14-3-1-2-11(16(14)20)15-13-7-25-5-4-10(13)12(6-21)17(24)18(15,8-22)9-23/h1-4,12-13,15,24H,5,7H2. The summed E-state index contributed by atoms with van der Waals surface area (Å²) in [5.74, 6) is -0.285. The van der Waals surface area contributed by atoms with E-state index in [4.69, 9.17) is 28.6 Å². The van der Waals surface area contributed by atoms with Crippen LogP contribution in [-0.4, -0.2) is 17.2 Å². The first-order valence-corrected chi connectivity index (χ1v) is 9.45. The van der Waals surface area contributed by atoms with Gasteiger partial charge in [0.15, 0.2) is 5.41 Å². The average molecular weight is 387 g/mol. The molecule has 0 saturated heterocycles. The van der Waals surface area contributed by atoms with E-state index in [1.54, 1.807) is 30.0 Å². The highest BCUT2D eigenvalue weighted by Gasteiger charge is 2.57. The molecule has 25 heavy (non-hydrogen) atoms. The Balaban J connectivity index is 2.32. The Kier molecular flexibility index (Phi) is 4.81. The van der Waals surface area contributed by atoms with Crippen molar-refractivity contribution in [3.05, 3.63) is 45.5 Å². The first kappa shape index (κ1) is 17.8. The molecule has 0 aromatic heterocycles. The summed E-state index contributed by atoms with van der Waals surface area (Å²) in [6, 6.07) is 11.3. The number of allylic oxidation sites excluding steroid dienone is 1. The van der Waals surface area contributed by atoms with E-state index in [9.17, 15) is 15.8 Å². The van der Waals surface area contributed by atoms with Crippen LogP contribution in [-0.2, 0) is 0 Å². The van der Waals surface area contributed by atoms with E-state index in [-0.39, 0.29) is 11.6 Å². The Bertz CT molecular complexity index is 889. The molecule has 1 aromatic rings. The highest BCUT2D eigenvalue weighted by Crippen LogP contribution is 2.55. The largest absolute Gasteiger partial charge is 0.305 e. The van der Waals surface area contributed by atoms with Crippen molar-refractivity contribution in [2.24, 2.45) is 17.3 Å². The number of hydrogen-bond donors (Lipinski definition) is 1. The number of nitrogens with one attached hydrogen (secondary N) is 1. The van der Waals surface area contributed by atoms with E-state index in [1.807, 2.05) is 18.2 Å². The highest BCUT2D eigenvalue weighted by atomic mass is 35.5. The van der Waals surface area contributed by atoms with Gasteiger partial charge in [-0.2, -0.15) is 27.5 Å². The summed E-state index contributed by atoms with van der Waals surface area (Å²) in [7, 11) is 0. The Morgan fingerprint density at radius 3 is 2.56 bits per heavy atom. The number of nitrogens with zero attached hydrogens (tertiary/aromatic N) is 3. The van der Waals surface area contributed by atoms with E-state index in [2.05, 4.69) is 6.07 Å². The first-order valence-electron chi connectivity index (χ1n) is 7.54. The van der Waals surface area contributed by atoms with Gasteiger partial charge in [-0.15, -0.1) is 0 Å². The van der Waals surface area contributed by atoms with Crippen LogP contribution < -0.4 is 0 Å². The van der Waals surface area contributed by atoms with Crippen LogP contribution in [0.3, 0.4) is 0 Å². The molecule has 1 aliphatic carbocycles. The van der Waals surface area contributed by atoms with Crippen LogP contribution in [0.15, 0.2) is 29.8 Å². The van der Waals surface area contributed by atoms with Crippen LogP contribution >= 0.6 is 35.0 Å². The molecule has 2 aliphatic rings. The van der Waals surface area contributed by atoms with Gasteiger partial charge in [-0.1, -0.05) is 41.4 Å². The summed E-state index contributed by atoms with van der Waals surface area (Å²) < 4.78 is 0. The smallest absolute Gasteiger partial charge is 0.189 e. The fraction of sp³-hybridized carbons (Fsp3) is 0.333. The molecule has 1 heterocycles. The maximum atomic E-state index is 9.88. The molecule has 1 N–H and O–H groups in total. The van der Waals surface area contributed by atoms with Gasteiger partial charge in [0.2, 0.25) is 0 Å². The number of benzene rings is 1. The van der Waals surface area contributed by atoms with Crippen molar-refractivity contribution in [2.75, 3.05) is 11.5 Å². The maximum absolute atomic E-state index is 9.88. The zero-order chi connectivity index (χ0) is 18.2. The van der Waals surface area contributed by atoms with Gasteiger partial charge in [0.05, 0.1) is 34.0 Å². The van der Waals surface area contributed by atoms with E-state index in [0.717, 1.165) is 11.3 Å². The van der Waals surface area contributed by atoms with Crippen LogP contribution in [0.5, 0.6) is 0 Å². The van der Waals surface area contributed by atoms with Gasteiger partial charge in [0, 0.05) is 23.3 Å². The van der Waals surface area contributed by atoms with Crippen molar-refractivity contribution < 1.29 is 0 Å². The molecule has 0 spiro atoms. The summed E-state index contributed by atoms with van der Waals surface area (Å²) in [4.78, 5) is 0. The molecule has 0 radical (unpaired) electrons. The summed E-state index contributed by atoms with van der Waals surface area (Å²) in [6.45, 7) is 0. The molecule has 1 aliphatic heterocycles. The molecular weight excluding hydrogens is 375 g/mol. The molecule has 3 rings (SSSR count). The lowest BCUT2D eigenvalue weighted by molar-refractivity contribution is 0.378. The minimum atomic E-state index is -1.74. The van der Waals surface area contributed by atoms with Crippen molar-refractivity contribution in [2.45, 2.75) is 5.92 Å². The lowest BCUT2D eigenvalue weighted by Crippen LogP contribution is -2.49. The van der Waals surface area contributed by atoms with Crippen LogP contribution in [0.2, 0.25) is 10.0 Å². The Morgan fingerprint density at radius 1 is 1.20 bits per heavy atom. The van der Waals surface area contributed by atoms with Gasteiger partial charge in [-0.25, -0.2) is 0 Å². The van der Waals surface area contributed by atoms with Gasteiger partial charge in [0.1, 0.15) is 5.92 Å². The molecule has 3 unspecified atom stereocenters. The molecule has 1 fully saturated rings. The number of hydrogen-bond acceptors (Lipinski definition) is 5. The monoisotopic (exact) mass is 386 g/mol. The summed E-state index contributed by atoms with van der Waals surface area (Å²) >= 11 is 14.2. The lowest BCUT2D eigenvalue weighted by Gasteiger charge is -2.45. The predicted molar refractivity (Wildman–Crippen MR) is 98.6 cm³/mol. The Hall–Kier alpha value is -1.97. The second-order valence-corrected chi connectivity index (χ2v) is 7.84. The quantitative estimate of drug-likeness (QED) is 0.714. The zero-order valence-corrected chi connectivity index (χ0v) is 15.3. The molecule has 124 valence electrons. The lowest BCUT2D eigenvalue weighted by atomic mass is 9.55. The van der Waals surface area contributed by atoms with Crippen molar-refractivity contribution in [1.82, 2.24) is 0 Å². The van der Waals surface area contributed by atoms with E-state index in [1.165, 1.54) is 0 Å². The van der Waals surface area contributed by atoms with Crippen LogP contribution in [0, 0.1) is 56.7 Å². The molecular formula is C18H12Cl2N4S. The first-order chi connectivity index (χ1) is 12.0. The topological polar surface area (TPSA) is 95.2 Å². The second kappa shape index (κ2) is 6.74. The molecule has 1 saturated carbocycles. The fourth-order valence-electron chi connectivity index (χ4n) is 3.72. The summed E-state index contributed by atoms with van der Waals surface area (Å²) in [5.41, 5.74) is -0.519. The SMILES string of the molecule is N#CC1C(=N)C(C#N)(C#N)C(c2cccc(Cl)c2Cl)C2CSCC=C12. The zero-order valence-electron chi connectivity index (χ0n) is 13.0. The number of nitriles is 3. The Morgan fingerprint density at radius 2 is 1.92 bits per heavy atom. The van der Waals surface area contributed by atoms with Crippen molar-refractivity contribution in [3.8, 4) is 18.2 Å². The van der Waals surface area contributed by atoms with E-state index >= 15 is 0 Å². The summed E-state index contributed by atoms with van der Waals surface area (Å²) in [5, 5.41) is 38.5. The third-order valence-electron chi connectivity index (χ3n) is 4.88. The second-order valence-electron chi connectivity index (χ2n) is 5.98. The van der Waals surface area contributed by atoms with Gasteiger partial charge in [-0.05, 0) is 17.2 Å². The molecule has 4 nitrogen and oxygen atoms in total. The number of fused-ring (bicyclic) bond motifs is 1. The van der Waals surface area contributed by atoms with Crippen molar-refractivity contribution >= 4 is 40.7 Å². The predicted octanol–water partition coefficient (Wildman–Crippen LogP) is 4.57. The van der Waals surface area contributed by atoms with Gasteiger partial charge >= 0.3 is 0 Å². The van der Waals surface area contributed by atoms with Gasteiger partial charge in [-0.3, -0.25) is 0 Å². The van der Waals surface area contributed by atoms with Crippen LogP contribution in [0.4, 0.5) is 0 Å². The third-order valence-corrected chi connectivity index (χ3v) is 6.71. The molecule has 7 heteroatoms. The van der Waals surface area contributed by atoms with Gasteiger partial charge < -0.3 is 5.41 Å². The molecule has 0 bridgehead atoms. The van der Waals surface area contributed by atoms with E-state index < -0.39 is 17.3 Å². The minimum absolute atomic E-state index is 0.171. The normalized spacial score (nSPS) is 27.2. The number of rotatable bonds is 1. The van der Waals surface area contributed by atoms with E-state index in [0.29, 0.717) is 21.4 Å². The van der Waals surface area contributed by atoms with Crippen molar-refractivity contribution in [3.63, 3.8) is 0 Å². The van der Waals surface area contributed by atoms with Gasteiger partial charge in [0.25, 0.3) is 0 Å². The molecule has 1 aromatic carbocycles. The van der Waals surface area contributed by atoms with Crippen LogP contribution in [0.25, 0.3) is 0 Å². The average Bonchev–Trinajstić information content (AvgIpc) is 2.64. The summed E-state index contributed by atoms with van der Waals surface area (Å²) in [6.07, 6.45) is 1.95. The van der Waals surface area contributed by atoms with Crippen molar-refractivity contribution in [1.29, 1.82) is 21.2 Å². The number of thioether (sulfide) groups is 1. The van der Waals surface area contributed by atoms with Crippen LogP contribution in [0.1, 0.15) is 11.5 Å². The maximum Gasteiger partial charge on any atom is 0.189 e. The molecule has 3 atom stereocenters.